The van der Waals surface area contributed by atoms with Gasteiger partial charge in [-0.3, -0.25) is 24.0 Å². The number of halogens is 1. The van der Waals surface area contributed by atoms with Crippen LogP contribution in [-0.4, -0.2) is 125 Å². The lowest BCUT2D eigenvalue weighted by atomic mass is 9.81. The van der Waals surface area contributed by atoms with Gasteiger partial charge < -0.3 is 55.4 Å². The van der Waals surface area contributed by atoms with Crippen LogP contribution < -0.4 is 32.1 Å². The number of carbonyl (C=O) groups is 7. The van der Waals surface area contributed by atoms with Gasteiger partial charge in [0.2, 0.25) is 38.6 Å². The summed E-state index contributed by atoms with van der Waals surface area (Å²) in [6, 6.07) is 6.08. The number of ether oxygens (including phenoxy) is 3. The highest BCUT2D eigenvalue weighted by Crippen LogP contribution is 2.46. The first kappa shape index (κ1) is 63.9. The minimum atomic E-state index is -3.54. The number of hydrogen-bond donors (Lipinski definition) is 6. The van der Waals surface area contributed by atoms with Crippen molar-refractivity contribution >= 4 is 62.5 Å². The molecular weight excluding hydrogens is 1150 g/mol. The molecule has 5 heterocycles. The number of fused-ring (bicyclic) bond motifs is 5. The number of aromatic nitrogens is 4. The standard InChI is InChI=1S/C61H69FN10O14S/c1-9-20-84-60(80)71(7)29-39-22-36(21-34(5)67-55(76)53(33(3)4)70-50(75)28-64-49(74)27-63-48(73)15-13-11-12-14-37-25-65-58(66-26-37)87(8,82)83)16-17-38(39)31-86-59(79)69-45-19-18-40-35(6)44(62)24-46-51(40)52(45)41-30-72-47(54(41)68-46)23-43-42(56(72)77)32-85-57(78)61(43,81)10-2/h9,16-17,22-26,33-34,45,53,81H,1,10-11,13,15,18-21,27-32H2,2-8H3,(H,63,73)(H,64,74)(H,67,76)(H,69,79)(H,70,75)/t34-,45-,53-,61-/m0/s1. The van der Waals surface area contributed by atoms with Crippen LogP contribution in [0.15, 0.2) is 65.3 Å². The molecule has 5 aromatic rings. The van der Waals surface area contributed by atoms with Crippen molar-refractivity contribution in [3.63, 3.8) is 0 Å². The van der Waals surface area contributed by atoms with Crippen LogP contribution in [0.3, 0.4) is 0 Å². The van der Waals surface area contributed by atoms with E-state index in [1.165, 1.54) is 41.1 Å². The number of hydrogen-bond acceptors (Lipinski definition) is 17. The fourth-order valence-corrected chi connectivity index (χ4v) is 11.2. The Balaban J connectivity index is 0.882. The zero-order valence-corrected chi connectivity index (χ0v) is 50.1. The zero-order chi connectivity index (χ0) is 63.1. The molecule has 0 spiro atoms. The highest BCUT2D eigenvalue weighted by molar-refractivity contribution is 7.90. The van der Waals surface area contributed by atoms with Gasteiger partial charge in [-0.15, -0.1) is 0 Å². The number of esters is 1. The maximum Gasteiger partial charge on any atom is 0.410 e. The fraction of sp³-hybridized carbons (Fsp3) is 0.426. The number of pyridine rings is 2. The Labute approximate surface area is 501 Å². The molecule has 0 bridgehead atoms. The molecule has 1 aliphatic carbocycles. The van der Waals surface area contributed by atoms with Crippen molar-refractivity contribution in [3.8, 4) is 23.2 Å². The summed E-state index contributed by atoms with van der Waals surface area (Å²) in [6.45, 7) is 10.7. The second-order valence-electron chi connectivity index (χ2n) is 22.1. The van der Waals surface area contributed by atoms with Crippen molar-refractivity contribution in [2.75, 3.05) is 33.0 Å². The number of nitrogens with zero attached hydrogens (tertiary/aromatic N) is 5. The zero-order valence-electron chi connectivity index (χ0n) is 49.3. The van der Waals surface area contributed by atoms with E-state index in [-0.39, 0.29) is 68.0 Å². The van der Waals surface area contributed by atoms with E-state index in [0.717, 1.165) is 17.4 Å². The second-order valence-corrected chi connectivity index (χ2v) is 24.0. The first-order chi connectivity index (χ1) is 41.3. The second kappa shape index (κ2) is 27.1. The molecule has 0 radical (unpaired) electrons. The van der Waals surface area contributed by atoms with Crippen LogP contribution in [-0.2, 0) is 92.8 Å². The number of benzene rings is 2. The Hall–Kier alpha value is -9.09. The maximum absolute atomic E-state index is 15.6. The Kier molecular flexibility index (Phi) is 19.9. The third kappa shape index (κ3) is 14.6. The molecule has 0 unspecified atom stereocenters. The fourth-order valence-electron chi connectivity index (χ4n) is 10.8. The maximum atomic E-state index is 15.6. The van der Waals surface area contributed by atoms with Crippen molar-refractivity contribution in [1.29, 1.82) is 0 Å². The molecule has 0 saturated carbocycles. The summed E-state index contributed by atoms with van der Waals surface area (Å²) in [6.07, 6.45) is 5.29. The van der Waals surface area contributed by atoms with Gasteiger partial charge in [0.15, 0.2) is 5.60 Å². The first-order valence-corrected chi connectivity index (χ1v) is 30.2. The van der Waals surface area contributed by atoms with Gasteiger partial charge >= 0.3 is 18.2 Å². The average molecular weight is 1220 g/mol. The minimum Gasteiger partial charge on any atom is -0.458 e. The predicted molar refractivity (Wildman–Crippen MR) is 313 cm³/mol. The summed E-state index contributed by atoms with van der Waals surface area (Å²) in [4.78, 5) is 119. The van der Waals surface area contributed by atoms with Crippen molar-refractivity contribution in [3.05, 3.63) is 127 Å². The summed E-state index contributed by atoms with van der Waals surface area (Å²) < 4.78 is 56.6. The lowest BCUT2D eigenvalue weighted by molar-refractivity contribution is -0.172. The molecule has 2 aromatic carbocycles. The van der Waals surface area contributed by atoms with Crippen LogP contribution in [0.4, 0.5) is 14.0 Å². The Morgan fingerprint density at radius 3 is 2.41 bits per heavy atom. The molecular formula is C61H69FN10O14S. The van der Waals surface area contributed by atoms with E-state index in [1.807, 2.05) is 6.07 Å². The molecule has 6 N–H and O–H groups in total. The average Bonchev–Trinajstić information content (AvgIpc) is 1.66. The van der Waals surface area contributed by atoms with Crippen LogP contribution in [0.2, 0.25) is 0 Å². The van der Waals surface area contributed by atoms with E-state index in [2.05, 4.69) is 55.0 Å². The number of sulfone groups is 1. The van der Waals surface area contributed by atoms with Crippen molar-refractivity contribution < 1.29 is 65.7 Å². The van der Waals surface area contributed by atoms with Gasteiger partial charge in [0.25, 0.3) is 5.56 Å². The van der Waals surface area contributed by atoms with E-state index in [0.29, 0.717) is 87.8 Å². The van der Waals surface area contributed by atoms with Gasteiger partial charge in [-0.1, -0.05) is 63.5 Å². The number of aliphatic hydroxyl groups is 1. The van der Waals surface area contributed by atoms with Gasteiger partial charge in [-0.05, 0) is 91.3 Å². The number of rotatable bonds is 22. The van der Waals surface area contributed by atoms with E-state index < -0.39 is 99.8 Å². The number of aryl methyl sites for hydroxylation is 1. The molecule has 24 nitrogen and oxygen atoms in total. The number of amides is 6. The van der Waals surface area contributed by atoms with E-state index in [4.69, 9.17) is 19.2 Å². The predicted octanol–water partition coefficient (Wildman–Crippen LogP) is 4.03. The molecule has 4 atom stereocenters. The Bertz CT molecular complexity index is 3840. The summed E-state index contributed by atoms with van der Waals surface area (Å²) in [7, 11) is -2.00. The Morgan fingerprint density at radius 1 is 0.989 bits per heavy atom. The van der Waals surface area contributed by atoms with Crippen LogP contribution in [0, 0.1) is 30.5 Å². The van der Waals surface area contributed by atoms with Gasteiger partial charge in [0, 0.05) is 73.7 Å². The molecule has 3 aromatic heterocycles. The smallest absolute Gasteiger partial charge is 0.410 e. The molecule has 26 heteroatoms. The van der Waals surface area contributed by atoms with Crippen LogP contribution in [0.1, 0.15) is 121 Å². The molecule has 3 aliphatic rings. The lowest BCUT2D eigenvalue weighted by Gasteiger charge is -2.31. The molecule has 0 fully saturated rings. The largest absolute Gasteiger partial charge is 0.458 e. The van der Waals surface area contributed by atoms with Crippen molar-refractivity contribution in [2.24, 2.45) is 5.92 Å². The van der Waals surface area contributed by atoms with E-state index in [9.17, 15) is 51.9 Å². The van der Waals surface area contributed by atoms with Crippen LogP contribution >= 0.6 is 0 Å². The van der Waals surface area contributed by atoms with Crippen LogP contribution in [0.5, 0.6) is 0 Å². The third-order valence-corrected chi connectivity index (χ3v) is 16.2. The number of unbranched alkanes of at least 4 members (excludes halogenated alkanes) is 1. The van der Waals surface area contributed by atoms with E-state index >= 15 is 4.39 Å². The molecule has 87 heavy (non-hydrogen) atoms. The summed E-state index contributed by atoms with van der Waals surface area (Å²) in [5.41, 5.74) is 3.37. The first-order valence-electron chi connectivity index (χ1n) is 28.3. The van der Waals surface area contributed by atoms with Gasteiger partial charge in [-0.25, -0.2) is 42.1 Å². The number of carbonyl (C=O) groups excluding carboxylic acids is 7. The summed E-state index contributed by atoms with van der Waals surface area (Å²) >= 11 is 0. The minimum absolute atomic E-state index is 0.0213. The summed E-state index contributed by atoms with van der Waals surface area (Å²) in [5, 5.41) is 25.4. The monoisotopic (exact) mass is 1220 g/mol. The lowest BCUT2D eigenvalue weighted by Crippen LogP contribution is -2.54. The third-order valence-electron chi connectivity index (χ3n) is 15.3. The van der Waals surface area contributed by atoms with Gasteiger partial charge in [0.1, 0.15) is 31.7 Å². The number of cyclic esters (lactones) is 1. The van der Waals surface area contributed by atoms with Crippen LogP contribution in [0.25, 0.3) is 22.3 Å². The quantitative estimate of drug-likeness (QED) is 0.0140. The summed E-state index contributed by atoms with van der Waals surface area (Å²) in [5.74, 6) is 1.76. The Morgan fingerprint density at radius 2 is 1.71 bits per heavy atom. The molecule has 0 saturated heterocycles. The SMILES string of the molecule is C=CCOC(=O)N(C)Cc1cc(C[C@H](C)NC(=O)[C@@H](NC(=O)CNC(=O)CNC(=O)CCCC#Cc2cnc(S(C)(=O)=O)nc2)C(C)C)ccc1COC(=O)N[C@H]1CCc2c(C)c(F)cc3nc4c(c1c23)Cn1c-4cc2c(c1=O)COC(=O)[C@]2(O)CC. The van der Waals surface area contributed by atoms with E-state index in [1.54, 1.807) is 52.8 Å². The molecule has 460 valence electrons. The van der Waals surface area contributed by atoms with Crippen molar-refractivity contribution in [2.45, 2.75) is 135 Å². The molecule has 2 aliphatic heterocycles. The van der Waals surface area contributed by atoms with Gasteiger partial charge in [-0.2, -0.15) is 0 Å². The van der Waals surface area contributed by atoms with Crippen molar-refractivity contribution in [1.82, 2.24) is 51.0 Å². The highest BCUT2D eigenvalue weighted by atomic mass is 32.2. The van der Waals surface area contributed by atoms with Gasteiger partial charge in [0.05, 0.1) is 53.7 Å². The molecule has 8 rings (SSSR count). The number of nitrogens with one attached hydrogen (secondary N) is 5. The molecule has 6 amide bonds. The normalized spacial score (nSPS) is 16.1. The topological polar surface area (TPSA) is 326 Å². The highest BCUT2D eigenvalue weighted by Gasteiger charge is 2.46. The number of alkyl carbamates (subject to hydrolysis) is 1.